The topological polar surface area (TPSA) is 37.3 Å². The van der Waals surface area contributed by atoms with E-state index in [1.165, 1.54) is 0 Å². The number of carboxylic acids is 1. The molecule has 0 fully saturated rings. The number of hydrogen-bond donors (Lipinski definition) is 1. The van der Waals surface area contributed by atoms with Crippen molar-refractivity contribution < 1.29 is 9.90 Å². The third-order valence-electron chi connectivity index (χ3n) is 5.16. The van der Waals surface area contributed by atoms with Gasteiger partial charge in [-0.15, -0.1) is 0 Å². The number of hydrogen-bond acceptors (Lipinski definition) is 1. The van der Waals surface area contributed by atoms with Crippen LogP contribution in [0.5, 0.6) is 0 Å². The average molecular weight is 443 g/mol. The van der Waals surface area contributed by atoms with E-state index in [0.29, 0.717) is 5.56 Å². The van der Waals surface area contributed by atoms with Crippen molar-refractivity contribution in [3.05, 3.63) is 90.5 Å². The van der Waals surface area contributed by atoms with Crippen molar-refractivity contribution >= 4 is 42.7 Å². The summed E-state index contributed by atoms with van der Waals surface area (Å²) < 4.78 is 0. The van der Waals surface area contributed by atoms with Gasteiger partial charge in [-0.25, -0.2) is 0 Å². The summed E-state index contributed by atoms with van der Waals surface area (Å²) in [7, 11) is 0. The second-order valence-electron chi connectivity index (χ2n) is 6.75. The molecule has 3 aromatic rings. The first-order chi connectivity index (χ1) is 13.0. The zero-order chi connectivity index (χ0) is 19.4. The van der Waals surface area contributed by atoms with Crippen LogP contribution in [0.2, 0.25) is 0 Å². The summed E-state index contributed by atoms with van der Waals surface area (Å²) in [6.45, 7) is 2.17. The summed E-state index contributed by atoms with van der Waals surface area (Å²) in [5.41, 5.74) is 0.371. The van der Waals surface area contributed by atoms with Crippen molar-refractivity contribution in [3.8, 4) is 0 Å². The van der Waals surface area contributed by atoms with Crippen molar-refractivity contribution in [3.63, 3.8) is 0 Å². The summed E-state index contributed by atoms with van der Waals surface area (Å²) in [5, 5.41) is 10.0. The van der Waals surface area contributed by atoms with Crippen LogP contribution in [-0.4, -0.2) is 17.2 Å². The third-order valence-corrected chi connectivity index (χ3v) is 15.1. The molecule has 140 valence electrons. The number of halogens is 1. The van der Waals surface area contributed by atoms with Crippen LogP contribution >= 0.6 is 20.8 Å². The SMILES string of the molecule is CCCCP(Br)(c1ccccc1)(c1ccccc1)c1ccccc1C(=O)O. The Morgan fingerprint density at radius 1 is 0.852 bits per heavy atom. The first-order valence-electron chi connectivity index (χ1n) is 9.19. The molecule has 0 unspecified atom stereocenters. The maximum atomic E-state index is 12.1. The predicted molar refractivity (Wildman–Crippen MR) is 121 cm³/mol. The summed E-state index contributed by atoms with van der Waals surface area (Å²) in [4.78, 5) is 12.1. The van der Waals surface area contributed by atoms with Crippen molar-refractivity contribution in [2.75, 3.05) is 6.16 Å². The summed E-state index contributed by atoms with van der Waals surface area (Å²) >= 11 is 4.30. The van der Waals surface area contributed by atoms with E-state index in [0.717, 1.165) is 34.9 Å². The zero-order valence-corrected chi connectivity index (χ0v) is 17.9. The molecule has 3 aromatic carbocycles. The third kappa shape index (κ3) is 3.35. The minimum absolute atomic E-state index is 0.371. The Morgan fingerprint density at radius 3 is 1.81 bits per heavy atom. The van der Waals surface area contributed by atoms with Gasteiger partial charge in [-0.3, -0.25) is 0 Å². The number of unbranched alkanes of at least 4 members (excludes halogenated alkanes) is 1. The predicted octanol–water partition coefficient (Wildman–Crippen LogP) is 5.32. The molecule has 0 aliphatic carbocycles. The normalized spacial score (nSPS) is 12.9. The molecule has 4 heteroatoms. The monoisotopic (exact) mass is 442 g/mol. The second-order valence-corrected chi connectivity index (χ2v) is 15.8. The average Bonchev–Trinajstić information content (AvgIpc) is 2.73. The zero-order valence-electron chi connectivity index (χ0n) is 15.4. The first kappa shape index (κ1) is 19.8. The van der Waals surface area contributed by atoms with Gasteiger partial charge in [0.25, 0.3) is 0 Å². The van der Waals surface area contributed by atoms with Crippen LogP contribution in [0.3, 0.4) is 0 Å². The van der Waals surface area contributed by atoms with Gasteiger partial charge in [-0.05, 0) is 0 Å². The van der Waals surface area contributed by atoms with Crippen LogP contribution in [0.1, 0.15) is 30.1 Å². The van der Waals surface area contributed by atoms with E-state index in [4.69, 9.17) is 0 Å². The fourth-order valence-corrected chi connectivity index (χ4v) is 12.1. The van der Waals surface area contributed by atoms with Gasteiger partial charge >= 0.3 is 169 Å². The number of carbonyl (C=O) groups is 1. The van der Waals surface area contributed by atoms with E-state index in [1.54, 1.807) is 12.1 Å². The molecule has 0 bridgehead atoms. The fourth-order valence-electron chi connectivity index (χ4n) is 3.80. The van der Waals surface area contributed by atoms with Crippen LogP contribution in [0.15, 0.2) is 84.9 Å². The van der Waals surface area contributed by atoms with Gasteiger partial charge in [0.2, 0.25) is 0 Å². The Labute approximate surface area is 168 Å². The first-order valence-corrected chi connectivity index (χ1v) is 13.6. The Hall–Kier alpha value is -1.96. The van der Waals surface area contributed by atoms with Crippen molar-refractivity contribution in [1.29, 1.82) is 0 Å². The molecule has 1 N–H and O–H groups in total. The molecule has 0 aliphatic heterocycles. The van der Waals surface area contributed by atoms with E-state index in [-0.39, 0.29) is 0 Å². The van der Waals surface area contributed by atoms with Gasteiger partial charge in [0.05, 0.1) is 0 Å². The summed E-state index contributed by atoms with van der Waals surface area (Å²) in [5.74, 6) is -0.887. The van der Waals surface area contributed by atoms with Crippen molar-refractivity contribution in [2.45, 2.75) is 19.8 Å². The Kier molecular flexibility index (Phi) is 5.83. The van der Waals surface area contributed by atoms with Crippen molar-refractivity contribution in [1.82, 2.24) is 0 Å². The van der Waals surface area contributed by atoms with Gasteiger partial charge in [0.15, 0.2) is 0 Å². The number of aromatic carboxylic acids is 1. The molecule has 27 heavy (non-hydrogen) atoms. The molecule has 0 saturated carbocycles. The van der Waals surface area contributed by atoms with Gasteiger partial charge in [-0.1, -0.05) is 0 Å². The van der Waals surface area contributed by atoms with E-state index < -0.39 is 11.3 Å². The summed E-state index contributed by atoms with van der Waals surface area (Å²) in [6, 6.07) is 28.2. The van der Waals surface area contributed by atoms with E-state index in [9.17, 15) is 9.90 Å². The Balaban J connectivity index is 2.48. The molecule has 3 rings (SSSR count). The molecule has 0 aromatic heterocycles. The second kappa shape index (κ2) is 7.96. The molecule has 0 amide bonds. The summed E-state index contributed by atoms with van der Waals surface area (Å²) in [6.07, 6.45) is 2.92. The van der Waals surface area contributed by atoms with Crippen LogP contribution < -0.4 is 15.9 Å². The van der Waals surface area contributed by atoms with Crippen LogP contribution in [0.25, 0.3) is 0 Å². The van der Waals surface area contributed by atoms with E-state index >= 15 is 0 Å². The molecule has 2 nitrogen and oxygen atoms in total. The number of rotatable bonds is 7. The molecule has 0 radical (unpaired) electrons. The molecule has 0 spiro atoms. The van der Waals surface area contributed by atoms with Gasteiger partial charge < -0.3 is 0 Å². The molecule has 0 atom stereocenters. The minimum atomic E-state index is -3.14. The Morgan fingerprint density at radius 2 is 1.33 bits per heavy atom. The van der Waals surface area contributed by atoms with Gasteiger partial charge in [0.1, 0.15) is 0 Å². The van der Waals surface area contributed by atoms with Crippen LogP contribution in [0, 0.1) is 0 Å². The van der Waals surface area contributed by atoms with Crippen LogP contribution in [0.4, 0.5) is 0 Å². The maximum absolute atomic E-state index is 12.1. The van der Waals surface area contributed by atoms with Gasteiger partial charge in [-0.2, -0.15) is 0 Å². The van der Waals surface area contributed by atoms with E-state index in [2.05, 4.69) is 46.7 Å². The van der Waals surface area contributed by atoms with Gasteiger partial charge in [0, 0.05) is 0 Å². The molecular weight excluding hydrogens is 419 g/mol. The standard InChI is InChI=1S/C23H24BrO2P/c1-2-3-18-27(24,19-12-6-4-7-13-19,20-14-8-5-9-15-20)22-17-11-10-16-21(22)23(25)26/h4-17H,2-3,18H2,1H3,(H,25,26). The number of benzene rings is 3. The molecule has 0 heterocycles. The molecule has 0 saturated heterocycles. The van der Waals surface area contributed by atoms with E-state index in [1.807, 2.05) is 48.5 Å². The van der Waals surface area contributed by atoms with Crippen molar-refractivity contribution in [2.24, 2.45) is 0 Å². The molecular formula is C23H24BrO2P. The Bertz CT molecular complexity index is 886. The number of carboxylic acid groups (broad SMARTS) is 1. The van der Waals surface area contributed by atoms with Crippen LogP contribution in [-0.2, 0) is 0 Å². The molecule has 0 aliphatic rings. The fraction of sp³-hybridized carbons (Fsp3) is 0.174. The quantitative estimate of drug-likeness (QED) is 0.502.